The fourth-order valence-corrected chi connectivity index (χ4v) is 2.07. The van der Waals surface area contributed by atoms with Crippen LogP contribution in [-0.4, -0.2) is 29.3 Å². The number of hydrogen-bond donors (Lipinski definition) is 0. The zero-order chi connectivity index (χ0) is 11.5. The lowest BCUT2D eigenvalue weighted by Gasteiger charge is -2.09. The Kier molecular flexibility index (Phi) is 3.39. The Hall–Kier alpha value is -1.16. The molecule has 0 saturated carbocycles. The largest absolute Gasteiger partial charge is 0.481 e. The molecule has 1 aliphatic heterocycles. The molecule has 1 aromatic heterocycles. The summed E-state index contributed by atoms with van der Waals surface area (Å²) in [4.78, 5) is 12.8. The highest BCUT2D eigenvalue weighted by Crippen LogP contribution is 2.25. The van der Waals surface area contributed by atoms with Crippen LogP contribution in [0.5, 0.6) is 5.88 Å². The molecule has 16 heavy (non-hydrogen) atoms. The standard InChI is InChI=1S/C11H14ClN3O/c1-7-14-10(12)9(11(15-7)16-2)6-8-4-3-5-13-8/h3-6H2,1-2H3. The highest BCUT2D eigenvalue weighted by Gasteiger charge is 2.16. The smallest absolute Gasteiger partial charge is 0.221 e. The molecule has 0 fully saturated rings. The molecule has 0 atom stereocenters. The van der Waals surface area contributed by atoms with Crippen LogP contribution in [0.3, 0.4) is 0 Å². The van der Waals surface area contributed by atoms with Gasteiger partial charge in [-0.15, -0.1) is 0 Å². The molecule has 0 spiro atoms. The Morgan fingerprint density at radius 2 is 2.19 bits per heavy atom. The van der Waals surface area contributed by atoms with Crippen molar-refractivity contribution in [3.05, 3.63) is 16.5 Å². The first-order valence-electron chi connectivity index (χ1n) is 5.30. The fourth-order valence-electron chi connectivity index (χ4n) is 1.80. The van der Waals surface area contributed by atoms with Gasteiger partial charge in [-0.3, -0.25) is 4.99 Å². The SMILES string of the molecule is COc1nc(C)nc(Cl)c1CC1=NCCC1. The molecule has 1 aromatic rings. The van der Waals surface area contributed by atoms with Crippen LogP contribution in [0, 0.1) is 6.92 Å². The van der Waals surface area contributed by atoms with Crippen LogP contribution in [0.25, 0.3) is 0 Å². The summed E-state index contributed by atoms with van der Waals surface area (Å²) in [7, 11) is 1.60. The minimum absolute atomic E-state index is 0.471. The van der Waals surface area contributed by atoms with Gasteiger partial charge in [0.1, 0.15) is 11.0 Å². The van der Waals surface area contributed by atoms with Crippen LogP contribution in [0.1, 0.15) is 24.2 Å². The molecule has 0 saturated heterocycles. The van der Waals surface area contributed by atoms with Crippen molar-refractivity contribution in [1.29, 1.82) is 0 Å². The first-order chi connectivity index (χ1) is 7.70. The Bertz CT molecular complexity index is 431. The zero-order valence-electron chi connectivity index (χ0n) is 9.46. The minimum atomic E-state index is 0.471. The molecule has 86 valence electrons. The van der Waals surface area contributed by atoms with Gasteiger partial charge in [0.05, 0.1) is 12.7 Å². The summed E-state index contributed by atoms with van der Waals surface area (Å²) in [6, 6.07) is 0. The Balaban J connectivity index is 2.31. The summed E-state index contributed by atoms with van der Waals surface area (Å²) in [6.07, 6.45) is 2.86. The number of aryl methyl sites for hydroxylation is 1. The van der Waals surface area contributed by atoms with Crippen molar-refractivity contribution in [1.82, 2.24) is 9.97 Å². The highest BCUT2D eigenvalue weighted by molar-refractivity contribution is 6.30. The molecule has 5 heteroatoms. The molecular formula is C11H14ClN3O. The van der Waals surface area contributed by atoms with Gasteiger partial charge in [-0.25, -0.2) is 4.98 Å². The molecule has 0 aliphatic carbocycles. The lowest BCUT2D eigenvalue weighted by molar-refractivity contribution is 0.391. The van der Waals surface area contributed by atoms with Gasteiger partial charge in [-0.1, -0.05) is 11.6 Å². The lowest BCUT2D eigenvalue weighted by Crippen LogP contribution is -2.06. The van der Waals surface area contributed by atoms with E-state index in [1.54, 1.807) is 14.0 Å². The van der Waals surface area contributed by atoms with Crippen molar-refractivity contribution in [3.63, 3.8) is 0 Å². The number of ether oxygens (including phenoxy) is 1. The Labute approximate surface area is 99.7 Å². The van der Waals surface area contributed by atoms with Crippen LogP contribution < -0.4 is 4.74 Å². The van der Waals surface area contributed by atoms with Gasteiger partial charge in [0.2, 0.25) is 5.88 Å². The number of methoxy groups -OCH3 is 1. The van der Waals surface area contributed by atoms with E-state index in [9.17, 15) is 0 Å². The molecule has 0 bridgehead atoms. The van der Waals surface area contributed by atoms with E-state index >= 15 is 0 Å². The predicted molar refractivity (Wildman–Crippen MR) is 63.6 cm³/mol. The van der Waals surface area contributed by atoms with Crippen LogP contribution >= 0.6 is 11.6 Å². The monoisotopic (exact) mass is 239 g/mol. The molecule has 2 heterocycles. The normalized spacial score (nSPS) is 15.1. The molecule has 0 radical (unpaired) electrons. The van der Waals surface area contributed by atoms with Crippen LogP contribution in [0.4, 0.5) is 0 Å². The van der Waals surface area contributed by atoms with Gasteiger partial charge in [0.15, 0.2) is 0 Å². The lowest BCUT2D eigenvalue weighted by atomic mass is 10.1. The van der Waals surface area contributed by atoms with E-state index in [0.717, 1.165) is 30.7 Å². The second-order valence-corrected chi connectivity index (χ2v) is 4.14. The molecule has 0 amide bonds. The average Bonchev–Trinajstić information content (AvgIpc) is 2.74. The first-order valence-corrected chi connectivity index (χ1v) is 5.67. The van der Waals surface area contributed by atoms with Gasteiger partial charge in [-0.2, -0.15) is 4.98 Å². The maximum absolute atomic E-state index is 6.11. The number of nitrogens with zero attached hydrogens (tertiary/aromatic N) is 3. The van der Waals surface area contributed by atoms with E-state index in [1.165, 1.54) is 0 Å². The number of hydrogen-bond acceptors (Lipinski definition) is 4. The molecule has 0 aromatic carbocycles. The summed E-state index contributed by atoms with van der Waals surface area (Å²) in [5.41, 5.74) is 2.00. The molecule has 4 nitrogen and oxygen atoms in total. The Morgan fingerprint density at radius 1 is 1.38 bits per heavy atom. The van der Waals surface area contributed by atoms with Crippen molar-refractivity contribution >= 4 is 17.3 Å². The van der Waals surface area contributed by atoms with Crippen LogP contribution in [0.2, 0.25) is 5.15 Å². The summed E-state index contributed by atoms with van der Waals surface area (Å²) in [5, 5.41) is 0.471. The van der Waals surface area contributed by atoms with Crippen molar-refractivity contribution < 1.29 is 4.74 Å². The molecule has 2 rings (SSSR count). The maximum atomic E-state index is 6.11. The second kappa shape index (κ2) is 4.78. The van der Waals surface area contributed by atoms with E-state index in [0.29, 0.717) is 23.3 Å². The topological polar surface area (TPSA) is 47.4 Å². The number of aromatic nitrogens is 2. The summed E-state index contributed by atoms with van der Waals surface area (Å²) in [6.45, 7) is 2.72. The van der Waals surface area contributed by atoms with E-state index in [4.69, 9.17) is 16.3 Å². The van der Waals surface area contributed by atoms with E-state index in [1.807, 2.05) is 0 Å². The van der Waals surface area contributed by atoms with Gasteiger partial charge >= 0.3 is 0 Å². The van der Waals surface area contributed by atoms with E-state index in [2.05, 4.69) is 15.0 Å². The average molecular weight is 240 g/mol. The van der Waals surface area contributed by atoms with Crippen molar-refractivity contribution in [2.75, 3.05) is 13.7 Å². The second-order valence-electron chi connectivity index (χ2n) is 3.78. The quantitative estimate of drug-likeness (QED) is 0.760. The summed E-state index contributed by atoms with van der Waals surface area (Å²) < 4.78 is 5.23. The van der Waals surface area contributed by atoms with Crippen LogP contribution in [-0.2, 0) is 6.42 Å². The van der Waals surface area contributed by atoms with Crippen LogP contribution in [0.15, 0.2) is 4.99 Å². The van der Waals surface area contributed by atoms with E-state index < -0.39 is 0 Å². The highest BCUT2D eigenvalue weighted by atomic mass is 35.5. The van der Waals surface area contributed by atoms with Crippen molar-refractivity contribution in [2.45, 2.75) is 26.2 Å². The Morgan fingerprint density at radius 3 is 2.81 bits per heavy atom. The summed E-state index contributed by atoms with van der Waals surface area (Å²) >= 11 is 6.11. The van der Waals surface area contributed by atoms with Crippen molar-refractivity contribution in [3.8, 4) is 5.88 Å². The third kappa shape index (κ3) is 2.32. The first kappa shape index (κ1) is 11.3. The van der Waals surface area contributed by atoms with Gasteiger partial charge in [0.25, 0.3) is 0 Å². The zero-order valence-corrected chi connectivity index (χ0v) is 10.2. The number of halogens is 1. The van der Waals surface area contributed by atoms with Gasteiger partial charge < -0.3 is 4.74 Å². The third-order valence-corrected chi connectivity index (χ3v) is 2.88. The predicted octanol–water partition coefficient (Wildman–Crippen LogP) is 2.22. The molecule has 0 unspecified atom stereocenters. The van der Waals surface area contributed by atoms with Gasteiger partial charge in [-0.05, 0) is 19.8 Å². The fraction of sp³-hybridized carbons (Fsp3) is 0.545. The number of aliphatic imine (C=N–C) groups is 1. The molecule has 1 aliphatic rings. The third-order valence-electron chi connectivity index (χ3n) is 2.56. The van der Waals surface area contributed by atoms with E-state index in [-0.39, 0.29) is 0 Å². The minimum Gasteiger partial charge on any atom is -0.481 e. The summed E-state index contributed by atoms with van der Waals surface area (Å²) in [5.74, 6) is 1.19. The number of rotatable bonds is 3. The van der Waals surface area contributed by atoms with Gasteiger partial charge in [0, 0.05) is 18.7 Å². The molecule has 0 N–H and O–H groups in total. The van der Waals surface area contributed by atoms with Crippen molar-refractivity contribution in [2.24, 2.45) is 4.99 Å². The molecular weight excluding hydrogens is 226 g/mol. The maximum Gasteiger partial charge on any atom is 0.221 e.